The Morgan fingerprint density at radius 3 is 2.55 bits per heavy atom. The number of hydrogen-bond acceptors (Lipinski definition) is 3. The Morgan fingerprint density at radius 1 is 1.18 bits per heavy atom. The quantitative estimate of drug-likeness (QED) is 0.662. The largest absolute Gasteiger partial charge is 0.479 e. The SMILES string of the molecule is CCO/C(=C/C(=O)C(F)(F)F)Nc1cccc2ccccc12. The molecule has 2 rings (SSSR count). The fourth-order valence-electron chi connectivity index (χ4n) is 1.94. The predicted molar refractivity (Wildman–Crippen MR) is 78.3 cm³/mol. The van der Waals surface area contributed by atoms with Gasteiger partial charge in [-0.3, -0.25) is 4.79 Å². The number of ketones is 1. The van der Waals surface area contributed by atoms with E-state index >= 15 is 0 Å². The molecule has 22 heavy (non-hydrogen) atoms. The first-order chi connectivity index (χ1) is 10.4. The summed E-state index contributed by atoms with van der Waals surface area (Å²) in [6, 6.07) is 12.7. The van der Waals surface area contributed by atoms with Crippen LogP contribution in [0.5, 0.6) is 0 Å². The maximum atomic E-state index is 12.4. The first kappa shape index (κ1) is 15.9. The Morgan fingerprint density at radius 2 is 1.86 bits per heavy atom. The summed E-state index contributed by atoms with van der Waals surface area (Å²) in [4.78, 5) is 11.1. The topological polar surface area (TPSA) is 38.3 Å². The van der Waals surface area contributed by atoms with Gasteiger partial charge in [0.25, 0.3) is 5.78 Å². The van der Waals surface area contributed by atoms with Gasteiger partial charge in [0.2, 0.25) is 0 Å². The molecule has 0 amide bonds. The second-order valence-electron chi connectivity index (χ2n) is 4.46. The molecule has 0 aliphatic heterocycles. The van der Waals surface area contributed by atoms with Crippen molar-refractivity contribution in [3.63, 3.8) is 0 Å². The van der Waals surface area contributed by atoms with E-state index in [0.717, 1.165) is 10.8 Å². The lowest BCUT2D eigenvalue weighted by atomic mass is 10.1. The van der Waals surface area contributed by atoms with E-state index in [1.54, 1.807) is 19.1 Å². The van der Waals surface area contributed by atoms with Crippen molar-refractivity contribution in [3.05, 3.63) is 54.4 Å². The van der Waals surface area contributed by atoms with E-state index in [0.29, 0.717) is 11.8 Å². The molecule has 0 heterocycles. The summed E-state index contributed by atoms with van der Waals surface area (Å²) in [5, 5.41) is 4.48. The Hall–Kier alpha value is -2.50. The molecule has 0 bridgehead atoms. The van der Waals surface area contributed by atoms with Gasteiger partial charge in [0, 0.05) is 11.1 Å². The van der Waals surface area contributed by atoms with E-state index in [-0.39, 0.29) is 12.5 Å². The Labute approximate surface area is 125 Å². The van der Waals surface area contributed by atoms with Crippen molar-refractivity contribution in [1.29, 1.82) is 0 Å². The van der Waals surface area contributed by atoms with E-state index in [1.807, 2.05) is 30.3 Å². The van der Waals surface area contributed by atoms with E-state index in [1.165, 1.54) is 0 Å². The van der Waals surface area contributed by atoms with Crippen LogP contribution in [0.2, 0.25) is 0 Å². The maximum absolute atomic E-state index is 12.4. The molecule has 3 nitrogen and oxygen atoms in total. The van der Waals surface area contributed by atoms with Crippen molar-refractivity contribution in [2.24, 2.45) is 0 Å². The third-order valence-electron chi connectivity index (χ3n) is 2.89. The average Bonchev–Trinajstić information content (AvgIpc) is 2.47. The second-order valence-corrected chi connectivity index (χ2v) is 4.46. The molecule has 0 unspecified atom stereocenters. The number of ether oxygens (including phenoxy) is 1. The molecule has 0 radical (unpaired) electrons. The van der Waals surface area contributed by atoms with Crippen molar-refractivity contribution in [1.82, 2.24) is 0 Å². The van der Waals surface area contributed by atoms with E-state index in [9.17, 15) is 18.0 Å². The van der Waals surface area contributed by atoms with Crippen molar-refractivity contribution < 1.29 is 22.7 Å². The van der Waals surface area contributed by atoms with Crippen LogP contribution in [0, 0.1) is 0 Å². The summed E-state index contributed by atoms with van der Waals surface area (Å²) < 4.78 is 42.2. The number of hydrogen-bond donors (Lipinski definition) is 1. The molecule has 0 saturated heterocycles. The zero-order valence-corrected chi connectivity index (χ0v) is 11.8. The normalized spacial score (nSPS) is 12.3. The number of benzene rings is 2. The number of allylic oxidation sites excluding steroid dienone is 1. The van der Waals surface area contributed by atoms with Gasteiger partial charge in [0.15, 0.2) is 5.88 Å². The highest BCUT2D eigenvalue weighted by atomic mass is 19.4. The fourth-order valence-corrected chi connectivity index (χ4v) is 1.94. The highest BCUT2D eigenvalue weighted by Gasteiger charge is 2.37. The van der Waals surface area contributed by atoms with Gasteiger partial charge in [0.05, 0.1) is 12.7 Å². The number of fused-ring (bicyclic) bond motifs is 1. The van der Waals surface area contributed by atoms with Crippen LogP contribution in [0.25, 0.3) is 10.8 Å². The minimum Gasteiger partial charge on any atom is -0.479 e. The summed E-state index contributed by atoms with van der Waals surface area (Å²) in [7, 11) is 0. The number of carbonyl (C=O) groups excluding carboxylic acids is 1. The molecule has 116 valence electrons. The van der Waals surface area contributed by atoms with Gasteiger partial charge in [-0.1, -0.05) is 36.4 Å². The summed E-state index contributed by atoms with van der Waals surface area (Å²) in [6.07, 6.45) is -4.51. The van der Waals surface area contributed by atoms with Crippen LogP contribution in [0.4, 0.5) is 18.9 Å². The standard InChI is InChI=1S/C16H14F3NO2/c1-2-22-15(10-14(21)16(17,18)19)20-13-9-5-7-11-6-3-4-8-12(11)13/h3-10,20H,2H2,1H3/b15-10+. The van der Waals surface area contributed by atoms with Crippen molar-refractivity contribution in [2.75, 3.05) is 11.9 Å². The number of carbonyl (C=O) groups is 1. The molecule has 2 aromatic carbocycles. The third-order valence-corrected chi connectivity index (χ3v) is 2.89. The number of nitrogens with one attached hydrogen (secondary N) is 1. The van der Waals surface area contributed by atoms with Gasteiger partial charge in [-0.15, -0.1) is 0 Å². The van der Waals surface area contributed by atoms with Crippen LogP contribution < -0.4 is 5.32 Å². The molecule has 0 aliphatic rings. The van der Waals surface area contributed by atoms with Crippen molar-refractivity contribution in [3.8, 4) is 0 Å². The molecule has 0 fully saturated rings. The number of anilines is 1. The summed E-state index contributed by atoms with van der Waals surface area (Å²) in [5.74, 6) is -2.20. The zero-order chi connectivity index (χ0) is 16.2. The smallest absolute Gasteiger partial charge is 0.454 e. The minimum atomic E-state index is -4.93. The van der Waals surface area contributed by atoms with Crippen molar-refractivity contribution >= 4 is 22.2 Å². The van der Waals surface area contributed by atoms with E-state index < -0.39 is 12.0 Å². The Balaban J connectivity index is 2.35. The molecule has 0 atom stereocenters. The maximum Gasteiger partial charge on any atom is 0.454 e. The van der Waals surface area contributed by atoms with Gasteiger partial charge in [-0.05, 0) is 18.4 Å². The molecule has 0 spiro atoms. The molecule has 6 heteroatoms. The average molecular weight is 309 g/mol. The second kappa shape index (κ2) is 6.51. The van der Waals surface area contributed by atoms with Crippen LogP contribution in [-0.2, 0) is 9.53 Å². The van der Waals surface area contributed by atoms with Crippen LogP contribution in [0.15, 0.2) is 54.4 Å². The molecular weight excluding hydrogens is 295 g/mol. The van der Waals surface area contributed by atoms with Crippen LogP contribution in [0.1, 0.15) is 6.92 Å². The number of alkyl halides is 3. The number of halogens is 3. The molecule has 0 saturated carbocycles. The molecule has 0 aliphatic carbocycles. The van der Waals surface area contributed by atoms with E-state index in [2.05, 4.69) is 5.32 Å². The van der Waals surface area contributed by atoms with Crippen LogP contribution >= 0.6 is 0 Å². The lowest BCUT2D eigenvalue weighted by Crippen LogP contribution is -2.22. The molecule has 0 aromatic heterocycles. The summed E-state index contributed by atoms with van der Waals surface area (Å²) in [5.41, 5.74) is 0.563. The van der Waals surface area contributed by atoms with E-state index in [4.69, 9.17) is 4.74 Å². The van der Waals surface area contributed by atoms with Crippen LogP contribution in [0.3, 0.4) is 0 Å². The van der Waals surface area contributed by atoms with Gasteiger partial charge in [-0.25, -0.2) is 0 Å². The highest BCUT2D eigenvalue weighted by Crippen LogP contribution is 2.25. The van der Waals surface area contributed by atoms with Crippen LogP contribution in [-0.4, -0.2) is 18.6 Å². The molecule has 1 N–H and O–H groups in total. The monoisotopic (exact) mass is 309 g/mol. The molecular formula is C16H14F3NO2. The summed E-state index contributed by atoms with van der Waals surface area (Å²) in [6.45, 7) is 1.76. The highest BCUT2D eigenvalue weighted by molar-refractivity contribution is 5.97. The lowest BCUT2D eigenvalue weighted by molar-refractivity contribution is -0.165. The Bertz CT molecular complexity index is 703. The van der Waals surface area contributed by atoms with Gasteiger partial charge in [-0.2, -0.15) is 13.2 Å². The Kier molecular flexibility index (Phi) is 4.70. The zero-order valence-electron chi connectivity index (χ0n) is 11.8. The number of rotatable bonds is 5. The van der Waals surface area contributed by atoms with Gasteiger partial charge < -0.3 is 10.1 Å². The van der Waals surface area contributed by atoms with Crippen molar-refractivity contribution in [2.45, 2.75) is 13.1 Å². The first-order valence-corrected chi connectivity index (χ1v) is 6.62. The predicted octanol–water partition coefficient (Wildman–Crippen LogP) is 4.26. The fraction of sp³-hybridized carbons (Fsp3) is 0.188. The third kappa shape index (κ3) is 3.78. The summed E-state index contributed by atoms with van der Waals surface area (Å²) >= 11 is 0. The lowest BCUT2D eigenvalue weighted by Gasteiger charge is -2.14. The molecule has 2 aromatic rings. The van der Waals surface area contributed by atoms with Gasteiger partial charge in [0.1, 0.15) is 0 Å². The first-order valence-electron chi connectivity index (χ1n) is 6.62. The minimum absolute atomic E-state index is 0.134. The van der Waals surface area contributed by atoms with Gasteiger partial charge >= 0.3 is 6.18 Å².